The van der Waals surface area contributed by atoms with E-state index < -0.39 is 36.9 Å². The number of aliphatic hydroxyl groups excluding tert-OH is 4. The van der Waals surface area contributed by atoms with E-state index in [4.69, 9.17) is 0 Å². The highest BCUT2D eigenvalue weighted by Gasteiger charge is 2.28. The number of hydrogen-bond acceptors (Lipinski definition) is 5. The Hall–Kier alpha value is -0.950. The van der Waals surface area contributed by atoms with Gasteiger partial charge in [-0.15, -0.1) is 0 Å². The quantitative estimate of drug-likeness (QED) is 0.0316. The Balaban J connectivity index is 3.70. The van der Waals surface area contributed by atoms with Gasteiger partial charge in [-0.25, -0.2) is 0 Å². The molecule has 4 atom stereocenters. The van der Waals surface area contributed by atoms with Crippen LogP contribution >= 0.6 is 0 Å². The first-order valence-electron chi connectivity index (χ1n) is 23.1. The monoisotopic (exact) mass is 738 g/mol. The van der Waals surface area contributed by atoms with E-state index in [-0.39, 0.29) is 0 Å². The van der Waals surface area contributed by atoms with Gasteiger partial charge in [0.05, 0.1) is 18.8 Å². The lowest BCUT2D eigenvalue weighted by Gasteiger charge is -2.27. The highest BCUT2D eigenvalue weighted by molar-refractivity contribution is 5.80. The number of nitrogens with one attached hydrogen (secondary N) is 1. The molecular weight excluding hydrogens is 647 g/mol. The Morgan fingerprint density at radius 3 is 1.12 bits per heavy atom. The van der Waals surface area contributed by atoms with Crippen LogP contribution in [0.5, 0.6) is 0 Å². The van der Waals surface area contributed by atoms with Gasteiger partial charge in [0.15, 0.2) is 0 Å². The molecule has 52 heavy (non-hydrogen) atoms. The molecule has 0 rings (SSSR count). The van der Waals surface area contributed by atoms with E-state index in [1.807, 2.05) is 0 Å². The predicted molar refractivity (Wildman–Crippen MR) is 224 cm³/mol. The number of allylic oxidation sites excluding steroid dienone is 2. The molecule has 0 aromatic heterocycles. The maximum atomic E-state index is 12.5. The van der Waals surface area contributed by atoms with Crippen LogP contribution in [-0.2, 0) is 4.79 Å². The van der Waals surface area contributed by atoms with Crippen molar-refractivity contribution in [2.24, 2.45) is 0 Å². The smallest absolute Gasteiger partial charge is 0.249 e. The molecule has 6 heteroatoms. The summed E-state index contributed by atoms with van der Waals surface area (Å²) in [5, 5.41) is 43.7. The standard InChI is InChI=1S/C46H91NO5/c1-3-5-7-9-11-13-15-17-19-20-21-22-23-24-26-27-29-31-33-35-37-39-43(49)45(51)42(41-48)47-46(52)44(50)40-38-36-34-32-30-28-25-18-16-14-12-10-8-6-4-2/h25,28,42-45,48-51H,3-24,26-27,29-41H2,1-2H3,(H,47,52)/b28-25-. The number of rotatable bonds is 42. The van der Waals surface area contributed by atoms with Crippen molar-refractivity contribution in [2.75, 3.05) is 6.61 Å². The molecule has 0 fully saturated rings. The fourth-order valence-corrected chi connectivity index (χ4v) is 7.28. The molecule has 0 bridgehead atoms. The summed E-state index contributed by atoms with van der Waals surface area (Å²) in [6.45, 7) is 4.06. The molecule has 0 radical (unpaired) electrons. The summed E-state index contributed by atoms with van der Waals surface area (Å²) in [7, 11) is 0. The molecule has 0 aliphatic rings. The van der Waals surface area contributed by atoms with Crippen LogP contribution in [0.1, 0.15) is 245 Å². The number of carbonyl (C=O) groups is 1. The van der Waals surface area contributed by atoms with Crippen LogP contribution in [0.25, 0.3) is 0 Å². The van der Waals surface area contributed by atoms with Crippen LogP contribution in [0, 0.1) is 0 Å². The Morgan fingerprint density at radius 1 is 0.462 bits per heavy atom. The van der Waals surface area contributed by atoms with Crippen LogP contribution in [0.4, 0.5) is 0 Å². The van der Waals surface area contributed by atoms with Gasteiger partial charge < -0.3 is 25.7 Å². The van der Waals surface area contributed by atoms with E-state index in [1.165, 1.54) is 167 Å². The molecule has 310 valence electrons. The molecule has 0 aromatic rings. The SMILES string of the molecule is CCCCCCCCC/C=C\CCCCCCC(O)C(=O)NC(CO)C(O)C(O)CCCCCCCCCCCCCCCCCCCCCCC. The van der Waals surface area contributed by atoms with Crippen molar-refractivity contribution in [3.63, 3.8) is 0 Å². The van der Waals surface area contributed by atoms with E-state index in [0.717, 1.165) is 51.4 Å². The minimum atomic E-state index is -1.26. The highest BCUT2D eigenvalue weighted by atomic mass is 16.3. The zero-order valence-corrected chi connectivity index (χ0v) is 34.8. The van der Waals surface area contributed by atoms with Gasteiger partial charge >= 0.3 is 0 Å². The van der Waals surface area contributed by atoms with Gasteiger partial charge in [-0.1, -0.05) is 219 Å². The number of hydrogen-bond donors (Lipinski definition) is 5. The Bertz CT molecular complexity index is 746. The lowest BCUT2D eigenvalue weighted by molar-refractivity contribution is -0.132. The summed E-state index contributed by atoms with van der Waals surface area (Å²) in [6.07, 6.45) is 45.3. The van der Waals surface area contributed by atoms with Crippen molar-refractivity contribution >= 4 is 5.91 Å². The zero-order valence-electron chi connectivity index (χ0n) is 34.8. The largest absolute Gasteiger partial charge is 0.394 e. The fourth-order valence-electron chi connectivity index (χ4n) is 7.28. The number of aliphatic hydroxyl groups is 4. The number of amides is 1. The van der Waals surface area contributed by atoms with Gasteiger partial charge in [-0.3, -0.25) is 4.79 Å². The highest BCUT2D eigenvalue weighted by Crippen LogP contribution is 2.17. The van der Waals surface area contributed by atoms with Crippen LogP contribution in [0.3, 0.4) is 0 Å². The average Bonchev–Trinajstić information content (AvgIpc) is 3.15. The number of unbranched alkanes of at least 4 members (excludes halogenated alkanes) is 31. The van der Waals surface area contributed by atoms with E-state index in [0.29, 0.717) is 12.8 Å². The summed E-state index contributed by atoms with van der Waals surface area (Å²) in [5.74, 6) is -0.590. The molecule has 1 amide bonds. The predicted octanol–water partition coefficient (Wildman–Crippen LogP) is 12.2. The van der Waals surface area contributed by atoms with Gasteiger partial charge in [0.2, 0.25) is 5.91 Å². The van der Waals surface area contributed by atoms with Gasteiger partial charge in [-0.2, -0.15) is 0 Å². The maximum absolute atomic E-state index is 12.5. The minimum absolute atomic E-state index is 0.357. The van der Waals surface area contributed by atoms with Gasteiger partial charge in [0.25, 0.3) is 0 Å². The summed E-state index contributed by atoms with van der Waals surface area (Å²) in [6, 6.07) is -0.986. The van der Waals surface area contributed by atoms with Crippen molar-refractivity contribution < 1.29 is 25.2 Å². The van der Waals surface area contributed by atoms with Crippen LogP contribution < -0.4 is 5.32 Å². The van der Waals surface area contributed by atoms with Gasteiger partial charge in [-0.05, 0) is 38.5 Å². The normalized spacial score (nSPS) is 14.2. The second-order valence-corrected chi connectivity index (χ2v) is 16.1. The second kappa shape index (κ2) is 41.2. The van der Waals surface area contributed by atoms with Crippen LogP contribution in [-0.4, -0.2) is 57.3 Å². The van der Waals surface area contributed by atoms with Crippen molar-refractivity contribution in [1.82, 2.24) is 5.32 Å². The first kappa shape index (κ1) is 51.0. The Kier molecular flexibility index (Phi) is 40.5. The van der Waals surface area contributed by atoms with E-state index in [2.05, 4.69) is 31.3 Å². The molecule has 0 saturated carbocycles. The van der Waals surface area contributed by atoms with E-state index in [9.17, 15) is 25.2 Å². The topological polar surface area (TPSA) is 110 Å². The summed E-state index contributed by atoms with van der Waals surface area (Å²) in [5.41, 5.74) is 0. The molecule has 0 saturated heterocycles. The summed E-state index contributed by atoms with van der Waals surface area (Å²) in [4.78, 5) is 12.5. The van der Waals surface area contributed by atoms with E-state index in [1.54, 1.807) is 0 Å². The third-order valence-electron chi connectivity index (χ3n) is 11.0. The molecule has 5 N–H and O–H groups in total. The average molecular weight is 738 g/mol. The van der Waals surface area contributed by atoms with Crippen LogP contribution in [0.2, 0.25) is 0 Å². The van der Waals surface area contributed by atoms with Crippen molar-refractivity contribution in [2.45, 2.75) is 269 Å². The lowest BCUT2D eigenvalue weighted by atomic mass is 9.99. The van der Waals surface area contributed by atoms with Gasteiger partial charge in [0.1, 0.15) is 12.2 Å². The van der Waals surface area contributed by atoms with Crippen molar-refractivity contribution in [1.29, 1.82) is 0 Å². The van der Waals surface area contributed by atoms with Crippen LogP contribution in [0.15, 0.2) is 12.2 Å². The zero-order chi connectivity index (χ0) is 38.2. The molecule has 6 nitrogen and oxygen atoms in total. The minimum Gasteiger partial charge on any atom is -0.394 e. The summed E-state index contributed by atoms with van der Waals surface area (Å²) < 4.78 is 0. The first-order chi connectivity index (χ1) is 25.5. The van der Waals surface area contributed by atoms with Gasteiger partial charge in [0, 0.05) is 0 Å². The third kappa shape index (κ3) is 34.8. The van der Waals surface area contributed by atoms with E-state index >= 15 is 0 Å². The fraction of sp³-hybridized carbons (Fsp3) is 0.935. The molecular formula is C46H91NO5. The third-order valence-corrected chi connectivity index (χ3v) is 11.0. The molecule has 0 heterocycles. The number of carbonyl (C=O) groups excluding carboxylic acids is 1. The molecule has 0 spiro atoms. The molecule has 0 aliphatic heterocycles. The molecule has 4 unspecified atom stereocenters. The molecule has 0 aromatic carbocycles. The van der Waals surface area contributed by atoms with Crippen molar-refractivity contribution in [3.8, 4) is 0 Å². The molecule has 0 aliphatic carbocycles. The summed E-state index contributed by atoms with van der Waals surface area (Å²) >= 11 is 0. The second-order valence-electron chi connectivity index (χ2n) is 16.1. The first-order valence-corrected chi connectivity index (χ1v) is 23.1. The Labute approximate surface area is 323 Å². The lowest BCUT2D eigenvalue weighted by Crippen LogP contribution is -2.53. The maximum Gasteiger partial charge on any atom is 0.249 e. The van der Waals surface area contributed by atoms with Crippen molar-refractivity contribution in [3.05, 3.63) is 12.2 Å². The Morgan fingerprint density at radius 2 is 0.769 bits per heavy atom.